The molecule has 0 bridgehead atoms. The van der Waals surface area contributed by atoms with Gasteiger partial charge < -0.3 is 14.2 Å². The Morgan fingerprint density at radius 2 is 0.528 bits per heavy atom. The number of ether oxygens (including phenoxy) is 3. The van der Waals surface area contributed by atoms with Gasteiger partial charge in [0.15, 0.2) is 0 Å². The number of nitriles is 6. The van der Waals surface area contributed by atoms with Gasteiger partial charge in [-0.05, 0) is 247 Å². The largest absolute Gasteiger partial charge is 0.573 e. The maximum atomic E-state index is 14.1. The van der Waals surface area contributed by atoms with E-state index in [1.807, 2.05) is 0 Å². The molecule has 6 aliphatic rings. The molecule has 0 spiro atoms. The molecule has 15 rings (SSSR count). The number of allylic oxidation sites excluding steroid dienone is 6. The first-order chi connectivity index (χ1) is 66.0. The molecule has 6 aliphatic carbocycles. The van der Waals surface area contributed by atoms with E-state index in [1.165, 1.54) is 49.5 Å². The van der Waals surface area contributed by atoms with Gasteiger partial charge in [0.2, 0.25) is 0 Å². The van der Waals surface area contributed by atoms with Crippen LogP contribution in [0.25, 0.3) is 130 Å². The predicted octanol–water partition coefficient (Wildman–Crippen LogP) is 26.4. The minimum absolute atomic E-state index is 0.00557. The normalized spacial score (nSPS) is 14.9. The fourth-order valence-corrected chi connectivity index (χ4v) is 19.9. The van der Waals surface area contributed by atoms with Crippen LogP contribution in [-0.2, 0) is 52.7 Å². The highest BCUT2D eigenvalue weighted by Crippen LogP contribution is 3.03. The van der Waals surface area contributed by atoms with Crippen molar-refractivity contribution in [2.24, 2.45) is 0 Å². The summed E-state index contributed by atoms with van der Waals surface area (Å²) in [6.45, 7) is 49.7. The van der Waals surface area contributed by atoms with Crippen LogP contribution < -0.4 is 31.3 Å². The Kier molecular flexibility index (Phi) is 25.9. The van der Waals surface area contributed by atoms with Gasteiger partial charge in [0.05, 0.1) is 28.1 Å². The third-order valence-corrected chi connectivity index (χ3v) is 26.5. The van der Waals surface area contributed by atoms with E-state index in [1.54, 1.807) is 80.7 Å². The number of benzene rings is 7. The van der Waals surface area contributed by atoms with Crippen molar-refractivity contribution in [1.82, 2.24) is 9.97 Å². The highest BCUT2D eigenvalue weighted by Gasteiger charge is 2.66. The maximum absolute atomic E-state index is 14.1. The molecule has 0 saturated carbocycles. The summed E-state index contributed by atoms with van der Waals surface area (Å²) in [6, 6.07) is 31.2. The van der Waals surface area contributed by atoms with Gasteiger partial charge in [0.1, 0.15) is 120 Å². The summed E-state index contributed by atoms with van der Waals surface area (Å²) in [4.78, 5) is 23.4. The Hall–Kier alpha value is -16.6. The molecule has 0 N–H and O–H groups in total. The molecule has 7 aromatic carbocycles. The average molecular weight is 2050 g/mol. The lowest BCUT2D eigenvalue weighted by atomic mass is 9.87. The summed E-state index contributed by atoms with van der Waals surface area (Å²) in [5.74, 6) is -3.88. The zero-order chi connectivity index (χ0) is 105. The van der Waals surface area contributed by atoms with Crippen molar-refractivity contribution in [2.75, 3.05) is 0 Å². The Morgan fingerprint density at radius 1 is 0.310 bits per heavy atom. The highest BCUT2D eigenvalue weighted by molar-refractivity contribution is 8.46. The Labute approximate surface area is 793 Å². The molecule has 17 nitrogen and oxygen atoms in total. The Morgan fingerprint density at radius 3 is 0.761 bits per heavy atom. The van der Waals surface area contributed by atoms with Crippen LogP contribution in [0.2, 0.25) is 0 Å². The van der Waals surface area contributed by atoms with Crippen molar-refractivity contribution < 1.29 is 119 Å². The van der Waals surface area contributed by atoms with E-state index in [2.05, 4.69) is 53.2 Å². The Balaban J connectivity index is 0.000000180. The van der Waals surface area contributed by atoms with E-state index in [-0.39, 0.29) is 159 Å². The highest BCUT2D eigenvalue weighted by atomic mass is 32.5. The zero-order valence-electron chi connectivity index (χ0n) is 71.2. The van der Waals surface area contributed by atoms with Gasteiger partial charge in [-0.15, -0.1) is 39.5 Å². The molecule has 0 saturated heterocycles. The first kappa shape index (κ1) is 103. The van der Waals surface area contributed by atoms with Crippen LogP contribution in [0.15, 0.2) is 233 Å². The first-order valence-electron chi connectivity index (χ1n) is 39.4. The van der Waals surface area contributed by atoms with Gasteiger partial charge in [0.25, 0.3) is 0 Å². The topological polar surface area (TPSA) is 222 Å². The number of nitrogens with zero attached hydrogens (tertiary/aromatic N) is 14. The van der Waals surface area contributed by atoms with Gasteiger partial charge >= 0.3 is 68.0 Å². The fourth-order valence-electron chi connectivity index (χ4n) is 17.5. The van der Waals surface area contributed by atoms with Gasteiger partial charge in [-0.3, -0.25) is 9.97 Å². The Bertz CT molecular complexity index is 8210. The molecule has 2 heterocycles. The second-order valence-corrected chi connectivity index (χ2v) is 37.9. The van der Waals surface area contributed by atoms with Crippen LogP contribution in [0, 0.1) is 107 Å². The smallest absolute Gasteiger partial charge is 0.405 e. The molecule has 0 radical (unpaired) electrons. The summed E-state index contributed by atoms with van der Waals surface area (Å²) >= 11 is -0.812. The van der Waals surface area contributed by atoms with Crippen LogP contribution >= 0.6 is 44.0 Å². The molecule has 0 fully saturated rings. The number of halogens is 25. The quantitative estimate of drug-likeness (QED) is 0.0454. The van der Waals surface area contributed by atoms with Crippen molar-refractivity contribution in [3.8, 4) is 103 Å². The van der Waals surface area contributed by atoms with E-state index in [9.17, 15) is 136 Å². The lowest BCUT2D eigenvalue weighted by Crippen LogP contribution is -2.26. The molecule has 2 aromatic heterocycles. The van der Waals surface area contributed by atoms with Crippen LogP contribution in [0.5, 0.6) is 0 Å². The molecular formula is C96H45F25N14O3S4. The molecule has 0 aliphatic heterocycles. The number of aromatic nitrogens is 2. The van der Waals surface area contributed by atoms with Crippen LogP contribution in [-0.4, -0.2) is 40.1 Å². The number of alkyl halides is 15. The SMILES string of the molecule is [C-]#[N+]C([N+]#[C-])=C1Cc2c(-c3ccc(S(F)(F)(F)(F)F)cc3)c3c(c(-c4ccc(S(F)(F)(F)(F)F)cc4)c2=C1C)CC(=C(C#N)C#N)C=3OC(F)(F)F.[C-]#[N+]C([N+]#[C-])=C1Cc2c(-c3ccc(SC(F)(F)F)cc3)c3c(c(-c4ccc(SC(F)(F)F)cc4)c2=C1C)CC(=C(C#N)C#N)C=3OC(F)(F)F.[C-]#[N+]C([N+]#[C-])=C1Cc2c(-c3ccccn3)c3c(c(-c4ccccn4)c2=C1C)CC(=C(C#N)C#N)C=3OC(F)(F)F. The van der Waals surface area contributed by atoms with Crippen molar-refractivity contribution in [2.45, 2.75) is 109 Å². The van der Waals surface area contributed by atoms with E-state index >= 15 is 0 Å². The van der Waals surface area contributed by atoms with Crippen molar-refractivity contribution in [3.63, 3.8) is 0 Å². The average Bonchev–Trinajstić information content (AvgIpc) is 1.63. The minimum Gasteiger partial charge on any atom is -0.405 e. The van der Waals surface area contributed by atoms with Crippen LogP contribution in [0.3, 0.4) is 0 Å². The van der Waals surface area contributed by atoms with Crippen LogP contribution in [0.4, 0.5) is 105 Å². The van der Waals surface area contributed by atoms with Crippen molar-refractivity contribution in [1.29, 1.82) is 31.6 Å². The number of hydrogen-bond acceptors (Lipinski definition) is 13. The molecule has 46 heteroatoms. The minimum atomic E-state index is -10.3. The van der Waals surface area contributed by atoms with E-state index in [0.717, 1.165) is 24.3 Å². The van der Waals surface area contributed by atoms with Gasteiger partial charge in [-0.1, -0.05) is 99.5 Å². The number of hydrogen-bond donors (Lipinski definition) is 0. The molecular weight excluding hydrogens is 2000 g/mol. The maximum Gasteiger partial charge on any atom is 0.573 e. The summed E-state index contributed by atoms with van der Waals surface area (Å²) < 4.78 is 354. The molecule has 0 unspecified atom stereocenters. The second-order valence-electron chi connectivity index (χ2n) is 30.8. The molecule has 716 valence electrons. The lowest BCUT2D eigenvalue weighted by molar-refractivity contribution is -0.291. The third kappa shape index (κ3) is 20.5. The third-order valence-electron chi connectivity index (χ3n) is 22.7. The standard InChI is InChI=1S/C34H15F9N4OS2.C32H15F13N4OS2.C30H15F3N6O/c1-16-22(31(46-2)47-3)12-24-26(16)27(17-4-8-20(9-5-17)49-33(38,39)40)25-13-23(19(14-44)15-45)30(48-32(35,36)37)29(25)28(24)18-6-10-21(11-7-18)50-34(41,42)43;1-16-22(31(48-2)49-3)12-24-26(16)27(17-4-8-20(9-5-17)51(36,37,38,39)40)25-13-23(19(14-46)15-47)30(50-32(33,34)35)29(25)28(24)18-6-10-21(11-7-18)52(41,42,43,44)45;1-16-18(29(36-2)37-3)12-20-24(16)25(22-8-4-6-10-38-22)21-13-19(17(14-34)15-35)28(40-30(31,32)33)27(21)26(20)23-9-5-7-11-39-23/h4-11H,12-13H2,1H3;4-11H,12-13H2,1H3;4-11H,12-13H2,1H3. The number of thioether (sulfide) groups is 2. The lowest BCUT2D eigenvalue weighted by Gasteiger charge is -2.40. The summed E-state index contributed by atoms with van der Waals surface area (Å²) in [6.07, 6.45) is -15.2. The van der Waals surface area contributed by atoms with E-state index in [4.69, 9.17) is 39.4 Å². The second kappa shape index (κ2) is 35.7. The fraction of sp³-hybridized carbons (Fsp3) is 0.146. The van der Waals surface area contributed by atoms with Gasteiger partial charge in [-0.25, -0.2) is 0 Å². The predicted molar refractivity (Wildman–Crippen MR) is 468 cm³/mol. The summed E-state index contributed by atoms with van der Waals surface area (Å²) in [5, 5.41) is 58.0. The van der Waals surface area contributed by atoms with Crippen LogP contribution in [0.1, 0.15) is 54.2 Å². The van der Waals surface area contributed by atoms with Gasteiger partial charge in [-0.2, -0.15) is 87.0 Å². The van der Waals surface area contributed by atoms with Crippen molar-refractivity contribution in [3.05, 3.63) is 347 Å². The molecule has 0 atom stereocenters. The number of rotatable bonds is 13. The number of fused-ring (bicyclic) bond motifs is 6. The van der Waals surface area contributed by atoms with Gasteiger partial charge in [0, 0.05) is 84.9 Å². The monoisotopic (exact) mass is 2040 g/mol. The molecule has 0 amide bonds. The molecule has 142 heavy (non-hydrogen) atoms. The zero-order valence-corrected chi connectivity index (χ0v) is 74.4. The van der Waals surface area contributed by atoms with Crippen molar-refractivity contribution >= 4 is 78.0 Å². The first-order valence-corrected chi connectivity index (χ1v) is 45.0. The van der Waals surface area contributed by atoms with E-state index < -0.39 is 170 Å². The number of pyridine rings is 2. The van der Waals surface area contributed by atoms with E-state index in [0.29, 0.717) is 85.1 Å². The summed E-state index contributed by atoms with van der Waals surface area (Å²) in [7, 11) is -20.6. The summed E-state index contributed by atoms with van der Waals surface area (Å²) in [5.41, 5.74) is -9.84. The molecule has 9 aromatic rings.